The van der Waals surface area contributed by atoms with Crippen molar-refractivity contribution in [1.29, 1.82) is 0 Å². The highest BCUT2D eigenvalue weighted by atomic mass is 16.7. The van der Waals surface area contributed by atoms with Gasteiger partial charge in [0.2, 0.25) is 6.29 Å². The van der Waals surface area contributed by atoms with E-state index in [-0.39, 0.29) is 24.3 Å². The Morgan fingerprint density at radius 1 is 1.03 bits per heavy atom. The number of benzene rings is 2. The van der Waals surface area contributed by atoms with E-state index in [9.17, 15) is 14.7 Å². The summed E-state index contributed by atoms with van der Waals surface area (Å²) in [6, 6.07) is 17.6. The number of nitrogens with zero attached hydrogens (tertiary/aromatic N) is 2. The third-order valence-electron chi connectivity index (χ3n) is 7.25. The number of aliphatic hydroxyl groups is 1. The molecule has 2 aromatic carbocycles. The van der Waals surface area contributed by atoms with Crippen LogP contribution in [-0.2, 0) is 25.5 Å². The second-order valence-corrected chi connectivity index (χ2v) is 9.70. The number of rotatable bonds is 10. The fraction of sp³-hybridized carbons (Fsp3) is 0.467. The fourth-order valence-electron chi connectivity index (χ4n) is 5.20. The molecule has 4 rings (SSSR count). The molecule has 38 heavy (non-hydrogen) atoms. The van der Waals surface area contributed by atoms with Crippen molar-refractivity contribution in [3.05, 3.63) is 83.1 Å². The Morgan fingerprint density at radius 3 is 2.37 bits per heavy atom. The molecule has 0 unspecified atom stereocenters. The van der Waals surface area contributed by atoms with Gasteiger partial charge in [-0.3, -0.25) is 9.69 Å². The average Bonchev–Trinajstić information content (AvgIpc) is 2.96. The summed E-state index contributed by atoms with van der Waals surface area (Å²) in [5.74, 6) is -0.499. The van der Waals surface area contributed by atoms with Crippen LogP contribution >= 0.6 is 0 Å². The summed E-state index contributed by atoms with van der Waals surface area (Å²) in [5.41, 5.74) is 2.68. The Labute approximate surface area is 224 Å². The van der Waals surface area contributed by atoms with Gasteiger partial charge in [-0.2, -0.15) is 0 Å². The summed E-state index contributed by atoms with van der Waals surface area (Å²) < 4.78 is 17.0. The molecular weight excluding hydrogens is 484 g/mol. The van der Waals surface area contributed by atoms with Crippen molar-refractivity contribution < 1.29 is 28.9 Å². The molecule has 204 valence electrons. The Morgan fingerprint density at radius 2 is 1.74 bits per heavy atom. The monoisotopic (exact) mass is 522 g/mol. The quantitative estimate of drug-likeness (QED) is 0.478. The fourth-order valence-corrected chi connectivity index (χ4v) is 5.20. The number of aliphatic hydroxyl groups excluding tert-OH is 1. The third-order valence-corrected chi connectivity index (χ3v) is 7.25. The lowest BCUT2D eigenvalue weighted by atomic mass is 9.80. The van der Waals surface area contributed by atoms with E-state index in [0.717, 1.165) is 25.2 Å². The molecule has 1 saturated heterocycles. The number of piperazine rings is 1. The smallest absolute Gasteiger partial charge is 0.337 e. The van der Waals surface area contributed by atoms with Crippen LogP contribution < -0.4 is 0 Å². The summed E-state index contributed by atoms with van der Waals surface area (Å²) in [7, 11) is 1.36. The van der Waals surface area contributed by atoms with E-state index in [1.807, 2.05) is 48.2 Å². The van der Waals surface area contributed by atoms with Crippen molar-refractivity contribution >= 4 is 11.9 Å². The van der Waals surface area contributed by atoms with Crippen molar-refractivity contribution in [2.24, 2.45) is 5.92 Å². The summed E-state index contributed by atoms with van der Waals surface area (Å²) in [6.45, 7) is 6.10. The lowest BCUT2D eigenvalue weighted by Gasteiger charge is -2.39. The van der Waals surface area contributed by atoms with Crippen molar-refractivity contribution in [3.63, 3.8) is 0 Å². The van der Waals surface area contributed by atoms with Crippen LogP contribution in [0.5, 0.6) is 0 Å². The lowest BCUT2D eigenvalue weighted by Crippen LogP contribution is -2.49. The minimum absolute atomic E-state index is 0.0616. The zero-order chi connectivity index (χ0) is 26.9. The van der Waals surface area contributed by atoms with E-state index in [0.29, 0.717) is 43.9 Å². The number of esters is 1. The van der Waals surface area contributed by atoms with Crippen LogP contribution in [0.25, 0.3) is 0 Å². The molecule has 1 fully saturated rings. The maximum Gasteiger partial charge on any atom is 0.337 e. The van der Waals surface area contributed by atoms with Gasteiger partial charge in [0.15, 0.2) is 5.76 Å². The van der Waals surface area contributed by atoms with Crippen molar-refractivity contribution in [2.75, 3.05) is 46.5 Å². The first-order valence-electron chi connectivity index (χ1n) is 13.4. The Balaban J connectivity index is 1.52. The first kappa shape index (κ1) is 27.8. The van der Waals surface area contributed by atoms with Crippen LogP contribution in [0.4, 0.5) is 0 Å². The van der Waals surface area contributed by atoms with Gasteiger partial charge in [-0.05, 0) is 49.1 Å². The maximum atomic E-state index is 13.6. The largest absolute Gasteiger partial charge is 0.465 e. The van der Waals surface area contributed by atoms with Gasteiger partial charge < -0.3 is 24.2 Å². The predicted octanol–water partition coefficient (Wildman–Crippen LogP) is 3.57. The van der Waals surface area contributed by atoms with E-state index >= 15 is 0 Å². The van der Waals surface area contributed by atoms with Gasteiger partial charge in [-0.15, -0.1) is 0 Å². The van der Waals surface area contributed by atoms with Gasteiger partial charge >= 0.3 is 5.97 Å². The van der Waals surface area contributed by atoms with Gasteiger partial charge in [-0.25, -0.2) is 4.79 Å². The Bertz CT molecular complexity index is 1080. The van der Waals surface area contributed by atoms with E-state index in [1.54, 1.807) is 12.1 Å². The molecule has 8 heteroatoms. The number of hydrogen-bond donors (Lipinski definition) is 1. The van der Waals surface area contributed by atoms with Gasteiger partial charge in [0.25, 0.3) is 5.91 Å². The normalized spacial score (nSPS) is 21.9. The molecule has 2 aliphatic heterocycles. The molecule has 2 heterocycles. The van der Waals surface area contributed by atoms with Crippen LogP contribution in [0.15, 0.2) is 66.4 Å². The molecule has 2 aliphatic rings. The van der Waals surface area contributed by atoms with Crippen molar-refractivity contribution in [1.82, 2.24) is 9.80 Å². The second kappa shape index (κ2) is 13.6. The summed E-state index contributed by atoms with van der Waals surface area (Å²) in [4.78, 5) is 29.7. The number of hydrogen-bond acceptors (Lipinski definition) is 7. The number of methoxy groups -OCH3 is 1. The highest BCUT2D eigenvalue weighted by molar-refractivity contribution is 5.92. The van der Waals surface area contributed by atoms with Crippen LogP contribution in [0.2, 0.25) is 0 Å². The van der Waals surface area contributed by atoms with Crippen LogP contribution in [0, 0.1) is 5.92 Å². The standard InChI is InChI=1S/C30H38N2O6/c1-3-37-30-25(10-7-19-33)26(23-11-13-24(14-12-23)29(35)36-2)20-27(38-30)28(34)32-17-15-31(16-18-32)21-22-8-5-4-6-9-22/h4-6,8-9,11-14,20,25-26,30,33H,3,7,10,15-19,21H2,1-2H3/t25-,26+,30+/m1/s1. The van der Waals surface area contributed by atoms with Gasteiger partial charge in [0.1, 0.15) is 0 Å². The minimum atomic E-state index is -0.611. The summed E-state index contributed by atoms with van der Waals surface area (Å²) in [6.07, 6.45) is 2.54. The zero-order valence-corrected chi connectivity index (χ0v) is 22.3. The first-order valence-corrected chi connectivity index (χ1v) is 13.4. The topological polar surface area (TPSA) is 88.5 Å². The van der Waals surface area contributed by atoms with E-state index in [4.69, 9.17) is 14.2 Å². The molecule has 0 spiro atoms. The van der Waals surface area contributed by atoms with Gasteiger partial charge in [-0.1, -0.05) is 42.5 Å². The molecule has 1 N–H and O–H groups in total. The van der Waals surface area contributed by atoms with Crippen LogP contribution in [0.1, 0.15) is 47.2 Å². The van der Waals surface area contributed by atoms with Crippen LogP contribution in [-0.4, -0.2) is 79.6 Å². The molecule has 0 aromatic heterocycles. The van der Waals surface area contributed by atoms with Crippen molar-refractivity contribution in [3.8, 4) is 0 Å². The van der Waals surface area contributed by atoms with Gasteiger partial charge in [0.05, 0.1) is 12.7 Å². The molecule has 0 saturated carbocycles. The Kier molecular flexibility index (Phi) is 9.92. The highest BCUT2D eigenvalue weighted by Crippen LogP contribution is 2.40. The maximum absolute atomic E-state index is 13.6. The first-order chi connectivity index (χ1) is 18.5. The lowest BCUT2D eigenvalue weighted by molar-refractivity contribution is -0.171. The average molecular weight is 523 g/mol. The molecule has 0 bridgehead atoms. The number of carbonyl (C=O) groups is 2. The number of ether oxygens (including phenoxy) is 3. The number of allylic oxidation sites excluding steroid dienone is 1. The van der Waals surface area contributed by atoms with Crippen LogP contribution in [0.3, 0.4) is 0 Å². The highest BCUT2D eigenvalue weighted by Gasteiger charge is 2.39. The molecule has 2 aromatic rings. The van der Waals surface area contributed by atoms with Crippen molar-refractivity contribution in [2.45, 2.75) is 38.5 Å². The third kappa shape index (κ3) is 6.81. The second-order valence-electron chi connectivity index (χ2n) is 9.70. The Hall–Kier alpha value is -3.20. The van der Waals surface area contributed by atoms with Gasteiger partial charge in [0, 0.05) is 57.8 Å². The number of amides is 1. The number of carbonyl (C=O) groups excluding carboxylic acids is 2. The molecule has 1 amide bonds. The van der Waals surface area contributed by atoms with E-state index in [1.165, 1.54) is 12.7 Å². The minimum Gasteiger partial charge on any atom is -0.465 e. The van der Waals surface area contributed by atoms with E-state index in [2.05, 4.69) is 17.0 Å². The summed E-state index contributed by atoms with van der Waals surface area (Å²) >= 11 is 0. The zero-order valence-electron chi connectivity index (χ0n) is 22.3. The SMILES string of the molecule is CCO[C@H]1OC(C(=O)N2CCN(Cc3ccccc3)CC2)=C[C@@H](c2ccc(C(=O)OC)cc2)[C@H]1CCCO. The van der Waals surface area contributed by atoms with E-state index < -0.39 is 12.3 Å². The molecule has 8 nitrogen and oxygen atoms in total. The molecule has 3 atom stereocenters. The predicted molar refractivity (Wildman–Crippen MR) is 143 cm³/mol. The molecule has 0 aliphatic carbocycles. The molecular formula is C30H38N2O6. The summed E-state index contributed by atoms with van der Waals surface area (Å²) in [5, 5.41) is 9.51. The molecule has 0 radical (unpaired) electrons.